The SMILES string of the molecule is CCCCC(CCCC)P(=O)(O)OC(=O)N(CC)CC. The van der Waals surface area contributed by atoms with Gasteiger partial charge in [-0.05, 0) is 26.7 Å². The third-order valence-corrected chi connectivity index (χ3v) is 5.33. The molecule has 1 atom stereocenters. The van der Waals surface area contributed by atoms with Crippen molar-refractivity contribution < 1.29 is 18.8 Å². The fraction of sp³-hybridized carbons (Fsp3) is 0.929. The zero-order valence-corrected chi connectivity index (χ0v) is 14.2. The molecular weight excluding hydrogens is 277 g/mol. The highest BCUT2D eigenvalue weighted by Gasteiger charge is 2.35. The number of nitrogens with zero attached hydrogens (tertiary/aromatic N) is 1. The molecule has 0 bridgehead atoms. The lowest BCUT2D eigenvalue weighted by Crippen LogP contribution is -2.31. The van der Waals surface area contributed by atoms with Gasteiger partial charge in [0.25, 0.3) is 0 Å². The summed E-state index contributed by atoms with van der Waals surface area (Å²) in [7, 11) is -3.89. The Bertz CT molecular complexity index is 310. The maximum atomic E-state index is 12.4. The monoisotopic (exact) mass is 307 g/mol. The standard InChI is InChI=1S/C14H30NO4P/c1-5-9-11-13(12-10-6-2)20(17,18)19-14(16)15(7-3)8-4/h13H,5-12H2,1-4H3,(H,17,18). The van der Waals surface area contributed by atoms with Gasteiger partial charge >= 0.3 is 13.7 Å². The van der Waals surface area contributed by atoms with Crippen LogP contribution in [0.2, 0.25) is 0 Å². The molecule has 20 heavy (non-hydrogen) atoms. The fourth-order valence-electron chi connectivity index (χ4n) is 2.08. The third-order valence-electron chi connectivity index (χ3n) is 3.47. The molecule has 0 radical (unpaired) electrons. The average Bonchev–Trinajstić information content (AvgIpc) is 2.39. The van der Waals surface area contributed by atoms with Crippen LogP contribution in [0, 0.1) is 0 Å². The molecule has 0 heterocycles. The van der Waals surface area contributed by atoms with E-state index in [4.69, 9.17) is 4.52 Å². The molecule has 0 aliphatic rings. The summed E-state index contributed by atoms with van der Waals surface area (Å²) >= 11 is 0. The molecule has 0 aromatic rings. The second kappa shape index (κ2) is 10.2. The van der Waals surface area contributed by atoms with E-state index >= 15 is 0 Å². The van der Waals surface area contributed by atoms with Crippen molar-refractivity contribution in [1.82, 2.24) is 4.90 Å². The van der Waals surface area contributed by atoms with Crippen molar-refractivity contribution in [2.45, 2.75) is 71.9 Å². The predicted octanol–water partition coefficient (Wildman–Crippen LogP) is 4.40. The molecule has 0 aliphatic heterocycles. The number of hydrogen-bond acceptors (Lipinski definition) is 3. The summed E-state index contributed by atoms with van der Waals surface area (Å²) < 4.78 is 17.3. The Hall–Kier alpha value is -0.540. The van der Waals surface area contributed by atoms with Gasteiger partial charge in [0.05, 0.1) is 5.66 Å². The van der Waals surface area contributed by atoms with E-state index in [1.165, 1.54) is 4.90 Å². The van der Waals surface area contributed by atoms with Crippen LogP contribution in [-0.4, -0.2) is 34.6 Å². The lowest BCUT2D eigenvalue weighted by molar-refractivity contribution is 0.149. The summed E-state index contributed by atoms with van der Waals surface area (Å²) in [5, 5.41) is 0. The Morgan fingerprint density at radius 2 is 1.55 bits per heavy atom. The van der Waals surface area contributed by atoms with Gasteiger partial charge in [-0.3, -0.25) is 0 Å². The summed E-state index contributed by atoms with van der Waals surface area (Å²) in [5.74, 6) is 0. The van der Waals surface area contributed by atoms with Crippen LogP contribution in [-0.2, 0) is 9.09 Å². The molecule has 120 valence electrons. The van der Waals surface area contributed by atoms with Crippen LogP contribution in [0.3, 0.4) is 0 Å². The first kappa shape index (κ1) is 19.5. The topological polar surface area (TPSA) is 66.8 Å². The minimum absolute atomic E-state index is 0.429. The molecule has 0 spiro atoms. The van der Waals surface area contributed by atoms with E-state index in [1.807, 2.05) is 27.7 Å². The lowest BCUT2D eigenvalue weighted by atomic mass is 10.1. The van der Waals surface area contributed by atoms with Crippen LogP contribution in [0.1, 0.15) is 66.2 Å². The minimum Gasteiger partial charge on any atom is -0.374 e. The van der Waals surface area contributed by atoms with Crippen LogP contribution < -0.4 is 0 Å². The molecule has 0 saturated heterocycles. The van der Waals surface area contributed by atoms with E-state index in [9.17, 15) is 14.3 Å². The van der Waals surface area contributed by atoms with E-state index < -0.39 is 19.3 Å². The van der Waals surface area contributed by atoms with Crippen molar-refractivity contribution in [3.63, 3.8) is 0 Å². The molecule has 5 nitrogen and oxygen atoms in total. The number of carbonyl (C=O) groups is 1. The number of rotatable bonds is 10. The Kier molecular flexibility index (Phi) is 9.95. The van der Waals surface area contributed by atoms with Gasteiger partial charge in [0, 0.05) is 13.1 Å². The van der Waals surface area contributed by atoms with E-state index in [-0.39, 0.29) is 0 Å². The smallest absolute Gasteiger partial charge is 0.374 e. The molecule has 0 rings (SSSR count). The summed E-state index contributed by atoms with van der Waals surface area (Å²) in [6.07, 6.45) is 4.27. The highest BCUT2D eigenvalue weighted by Crippen LogP contribution is 2.51. The van der Waals surface area contributed by atoms with E-state index in [1.54, 1.807) is 0 Å². The lowest BCUT2D eigenvalue weighted by Gasteiger charge is -2.25. The summed E-state index contributed by atoms with van der Waals surface area (Å²) in [5.41, 5.74) is -0.429. The van der Waals surface area contributed by atoms with Crippen molar-refractivity contribution in [1.29, 1.82) is 0 Å². The quantitative estimate of drug-likeness (QED) is 0.607. The average molecular weight is 307 g/mol. The van der Waals surface area contributed by atoms with Gasteiger partial charge in [0.1, 0.15) is 0 Å². The first-order valence-electron chi connectivity index (χ1n) is 7.73. The van der Waals surface area contributed by atoms with Crippen molar-refractivity contribution in [2.75, 3.05) is 13.1 Å². The van der Waals surface area contributed by atoms with Crippen LogP contribution in [0.25, 0.3) is 0 Å². The molecule has 1 N–H and O–H groups in total. The van der Waals surface area contributed by atoms with Gasteiger partial charge in [-0.2, -0.15) is 0 Å². The van der Waals surface area contributed by atoms with Crippen LogP contribution in [0.15, 0.2) is 0 Å². The van der Waals surface area contributed by atoms with Gasteiger partial charge < -0.3 is 14.3 Å². The second-order valence-electron chi connectivity index (χ2n) is 5.03. The molecule has 0 aromatic heterocycles. The van der Waals surface area contributed by atoms with Gasteiger partial charge in [-0.15, -0.1) is 0 Å². The van der Waals surface area contributed by atoms with Crippen molar-refractivity contribution in [3.05, 3.63) is 0 Å². The Morgan fingerprint density at radius 1 is 1.10 bits per heavy atom. The molecule has 0 fully saturated rings. The molecule has 0 saturated carbocycles. The van der Waals surface area contributed by atoms with Crippen molar-refractivity contribution >= 4 is 13.7 Å². The third kappa shape index (κ3) is 6.76. The normalized spacial score (nSPS) is 14.1. The maximum Gasteiger partial charge on any atom is 0.416 e. The highest BCUT2D eigenvalue weighted by atomic mass is 31.2. The van der Waals surface area contributed by atoms with Crippen molar-refractivity contribution in [3.8, 4) is 0 Å². The summed E-state index contributed by atoms with van der Waals surface area (Å²) in [6.45, 7) is 8.67. The maximum absolute atomic E-state index is 12.4. The highest BCUT2D eigenvalue weighted by molar-refractivity contribution is 7.54. The fourth-order valence-corrected chi connectivity index (χ4v) is 3.58. The Labute approximate surface area is 123 Å². The van der Waals surface area contributed by atoms with Gasteiger partial charge in [0.2, 0.25) is 0 Å². The molecular formula is C14H30NO4P. The van der Waals surface area contributed by atoms with Crippen LogP contribution in [0.5, 0.6) is 0 Å². The molecule has 0 aliphatic carbocycles. The number of carbonyl (C=O) groups excluding carboxylic acids is 1. The van der Waals surface area contributed by atoms with Crippen LogP contribution >= 0.6 is 7.60 Å². The second-order valence-corrected chi connectivity index (χ2v) is 7.07. The van der Waals surface area contributed by atoms with Crippen molar-refractivity contribution in [2.24, 2.45) is 0 Å². The Morgan fingerprint density at radius 3 is 1.90 bits per heavy atom. The van der Waals surface area contributed by atoms with E-state index in [0.29, 0.717) is 25.9 Å². The largest absolute Gasteiger partial charge is 0.416 e. The zero-order valence-electron chi connectivity index (χ0n) is 13.3. The molecule has 1 unspecified atom stereocenters. The van der Waals surface area contributed by atoms with Gasteiger partial charge in [-0.1, -0.05) is 39.5 Å². The number of hydrogen-bond donors (Lipinski definition) is 1. The minimum atomic E-state index is -3.89. The first-order chi connectivity index (χ1) is 9.42. The Balaban J connectivity index is 4.73. The summed E-state index contributed by atoms with van der Waals surface area (Å²) in [4.78, 5) is 23.4. The predicted molar refractivity (Wildman–Crippen MR) is 82.1 cm³/mol. The van der Waals surface area contributed by atoms with E-state index in [0.717, 1.165) is 25.7 Å². The number of amides is 1. The summed E-state index contributed by atoms with van der Waals surface area (Å²) in [6, 6.07) is 0. The molecule has 0 aromatic carbocycles. The zero-order chi connectivity index (χ0) is 15.6. The van der Waals surface area contributed by atoms with Gasteiger partial charge in [-0.25, -0.2) is 9.36 Å². The molecule has 6 heteroatoms. The first-order valence-corrected chi connectivity index (χ1v) is 9.38. The van der Waals surface area contributed by atoms with Crippen LogP contribution in [0.4, 0.5) is 4.79 Å². The molecule has 1 amide bonds. The van der Waals surface area contributed by atoms with Gasteiger partial charge in [0.15, 0.2) is 0 Å². The number of unbranched alkanes of at least 4 members (excludes halogenated alkanes) is 2. The van der Waals surface area contributed by atoms with E-state index in [2.05, 4.69) is 0 Å².